The maximum Gasteiger partial charge on any atom is 0.246 e. The molecule has 3 aliphatic rings. The number of amides is 14. The van der Waals surface area contributed by atoms with Crippen molar-refractivity contribution in [2.45, 2.75) is 202 Å². The molecule has 0 radical (unpaired) electrons. The molecule has 8 aromatic rings. The zero-order chi connectivity index (χ0) is 95.4. The van der Waals surface area contributed by atoms with Crippen LogP contribution in [-0.4, -0.2) is 263 Å². The first-order valence-electron chi connectivity index (χ1n) is 44.2. The zero-order valence-corrected chi connectivity index (χ0v) is 76.0. The second-order valence-corrected chi connectivity index (χ2v) is 36.0. The van der Waals surface area contributed by atoms with Crippen LogP contribution in [0.3, 0.4) is 0 Å². The van der Waals surface area contributed by atoms with Gasteiger partial charge in [-0.2, -0.15) is 0 Å². The SMILES string of the molecule is CC[C@H](C)[C@@H]1NC(=O)[C@@H]2CCCN2C(=O)[C@H](Cc2c[nH]c3ccccc23)NC(=O)[C@H](CCCNC(=N)N)N(C)C(=O)[C@@H](Cc2ccccc2)NC(=O)[C@H](Cc2c[nH]cn2)NC(=O)[C@H]([C@@H](C)O)NC(=O)[C@@H]2CSSC[C@H](NC1=O)C(=O)N[C@@H](Cc1c[nH]cn1)C(=O)N[C@H](Cc1ccccc1)C(=O)N[C@@H](CCCNC(=N)N)C(=O)N[C@@H](Cc1ccc3ccccc3c1)C(=O)N[C@@H](C)C(=O)N2. The number of nitrogens with zero attached hydrogens (tertiary/aromatic N) is 4. The minimum absolute atomic E-state index is 0.0197. The quantitative estimate of drug-likeness (QED) is 0.0167. The number of carbonyl (C=O) groups excluding carboxylic acids is 14. The van der Waals surface area contributed by atoms with Gasteiger partial charge in [0.25, 0.3) is 0 Å². The van der Waals surface area contributed by atoms with E-state index in [4.69, 9.17) is 22.3 Å². The Labute approximate surface area is 775 Å². The largest absolute Gasteiger partial charge is 0.391 e. The maximum atomic E-state index is 15.9. The molecule has 40 nitrogen and oxygen atoms in total. The van der Waals surface area contributed by atoms with Gasteiger partial charge in [-0.15, -0.1) is 0 Å². The first kappa shape index (κ1) is 99.7. The van der Waals surface area contributed by atoms with E-state index >= 15 is 67.1 Å². The molecule has 708 valence electrons. The number of guanidine groups is 2. The van der Waals surface area contributed by atoms with Crippen LogP contribution in [0.25, 0.3) is 21.7 Å². The Balaban J connectivity index is 1.02. The van der Waals surface area contributed by atoms with Gasteiger partial charge in [-0.1, -0.05) is 163 Å². The van der Waals surface area contributed by atoms with Gasteiger partial charge in [0.1, 0.15) is 84.6 Å². The molecular formula is C91H117N25O15S2. The molecule has 0 saturated carbocycles. The molecule has 24 N–H and O–H groups in total. The van der Waals surface area contributed by atoms with Crippen molar-refractivity contribution in [1.29, 1.82) is 10.8 Å². The van der Waals surface area contributed by atoms with Crippen LogP contribution in [0, 0.1) is 16.7 Å². The van der Waals surface area contributed by atoms with Crippen molar-refractivity contribution in [3.05, 3.63) is 192 Å². The molecule has 133 heavy (non-hydrogen) atoms. The summed E-state index contributed by atoms with van der Waals surface area (Å²) in [7, 11) is 3.04. The molecule has 0 aliphatic carbocycles. The van der Waals surface area contributed by atoms with Gasteiger partial charge < -0.3 is 116 Å². The molecule has 0 unspecified atom stereocenters. The highest BCUT2D eigenvalue weighted by atomic mass is 33.1. The van der Waals surface area contributed by atoms with E-state index in [-0.39, 0.29) is 114 Å². The number of benzene rings is 5. The van der Waals surface area contributed by atoms with Gasteiger partial charge in [-0.25, -0.2) is 9.97 Å². The van der Waals surface area contributed by atoms with E-state index in [1.165, 1.54) is 43.9 Å². The summed E-state index contributed by atoms with van der Waals surface area (Å²) in [5.74, 6) is -15.7. The molecular weight excluding hydrogens is 1750 g/mol. The number of aromatic amines is 3. The average Bonchev–Trinajstić information content (AvgIpc) is 1.53. The standard InChI is InChI=1S/C91H117N25O15S2/c1-6-50(2)74-86(128)112-70-46-132-133-47-71(111-76(118)51(3)103-78(120)65(39-55-31-32-56-24-13-14-25-57(56)36-55)105-77(119)63(28-17-33-98-90(92)93)104-79(121)64(37-53-20-9-7-10-21-53)106-80(122)66(107-82(70)124)41-59-44-96-48-101-59)83(125)114-75(52(4)117)87(129)108-67(42-60-45-97-49-102-60)81(123)109-68(38-54-22-11-8-12-23-54)88(130)115(5)72(29-18-34-99-91(94)95)84(126)110-69(40-58-43-100-62-27-16-15-26-61(58)62)89(131)116-35-19-30-73(116)85(127)113-74/h7-16,20-27,31-32,36,43-45,48-52,63-75,100,117H,6,17-19,28-30,33-35,37-42,46-47H2,1-5H3,(H,96,101)(H,97,102)(H,103,120)(H,104,121)(H,105,119)(H,106,122)(H,107,124)(H,108,129)(H,109,123)(H,110,126)(H,111,118)(H,112,128)(H,113,127)(H,114,125)(H4,92,93,98)(H4,94,95,99)/t50-,51-,52+,63-,64+,65-,66-,67-,68+,69-,70-,71-,72-,73-,74-,75-/m0/s1. The third-order valence-electron chi connectivity index (χ3n) is 23.6. The average molecular weight is 1870 g/mol. The van der Waals surface area contributed by atoms with Crippen LogP contribution >= 0.6 is 21.6 Å². The summed E-state index contributed by atoms with van der Waals surface area (Å²) in [6.07, 6.45) is 4.20. The van der Waals surface area contributed by atoms with Crippen molar-refractivity contribution in [3.63, 3.8) is 0 Å². The third kappa shape index (κ3) is 28.3. The predicted molar refractivity (Wildman–Crippen MR) is 499 cm³/mol. The first-order chi connectivity index (χ1) is 63.9. The van der Waals surface area contributed by atoms with Gasteiger partial charge in [-0.3, -0.25) is 77.9 Å². The number of imidazole rings is 2. The van der Waals surface area contributed by atoms with Gasteiger partial charge in [0.15, 0.2) is 11.9 Å². The van der Waals surface area contributed by atoms with E-state index in [2.05, 4.69) is 99.4 Å². The number of aliphatic hydroxyl groups is 1. The Morgan fingerprint density at radius 2 is 0.955 bits per heavy atom. The second-order valence-electron chi connectivity index (χ2n) is 33.4. The summed E-state index contributed by atoms with van der Waals surface area (Å²) in [5.41, 5.74) is 14.7. The molecule has 6 heterocycles. The number of rotatable bonds is 23. The lowest BCUT2D eigenvalue weighted by molar-refractivity contribution is -0.145. The number of hydrogen-bond acceptors (Lipinski definition) is 21. The molecule has 3 fully saturated rings. The Morgan fingerprint density at radius 3 is 1.54 bits per heavy atom. The maximum absolute atomic E-state index is 15.9. The molecule has 5 aromatic carbocycles. The van der Waals surface area contributed by atoms with Crippen molar-refractivity contribution < 1.29 is 72.2 Å². The fraction of sp³-hybridized carbons (Fsp3) is 0.429. The van der Waals surface area contributed by atoms with E-state index in [0.29, 0.717) is 33.2 Å². The highest BCUT2D eigenvalue weighted by Gasteiger charge is 2.44. The molecule has 3 aromatic heterocycles. The zero-order valence-electron chi connectivity index (χ0n) is 74.4. The lowest BCUT2D eigenvalue weighted by Crippen LogP contribution is -2.63. The molecule has 2 bridgehead atoms. The van der Waals surface area contributed by atoms with Crippen LogP contribution in [0.4, 0.5) is 0 Å². The second kappa shape index (κ2) is 48.3. The summed E-state index contributed by atoms with van der Waals surface area (Å²) < 4.78 is 0. The van der Waals surface area contributed by atoms with Crippen LogP contribution < -0.4 is 85.9 Å². The topological polar surface area (TPSA) is 607 Å². The Morgan fingerprint density at radius 1 is 0.481 bits per heavy atom. The third-order valence-corrected chi connectivity index (χ3v) is 26.0. The lowest BCUT2D eigenvalue weighted by Gasteiger charge is -2.34. The number of para-hydroxylation sites is 1. The summed E-state index contributed by atoms with van der Waals surface area (Å²) >= 11 is 0. The number of aromatic nitrogens is 5. The molecule has 0 spiro atoms. The molecule has 11 rings (SSSR count). The van der Waals surface area contributed by atoms with Crippen LogP contribution in [0.15, 0.2) is 159 Å². The highest BCUT2D eigenvalue weighted by molar-refractivity contribution is 8.76. The summed E-state index contributed by atoms with van der Waals surface area (Å²) in [4.78, 5) is 237. The first-order valence-corrected chi connectivity index (χ1v) is 46.7. The van der Waals surface area contributed by atoms with Crippen molar-refractivity contribution in [3.8, 4) is 0 Å². The monoisotopic (exact) mass is 1860 g/mol. The van der Waals surface area contributed by atoms with Crippen LogP contribution in [0.2, 0.25) is 0 Å². The van der Waals surface area contributed by atoms with Crippen molar-refractivity contribution in [2.24, 2.45) is 17.4 Å². The number of nitrogens with two attached hydrogens (primary N) is 2. The normalized spacial score (nSPS) is 24.4. The Kier molecular flexibility index (Phi) is 36.2. The van der Waals surface area contributed by atoms with Gasteiger partial charge in [0.2, 0.25) is 82.7 Å². The van der Waals surface area contributed by atoms with E-state index in [1.807, 2.05) is 48.5 Å². The summed E-state index contributed by atoms with van der Waals surface area (Å²) in [5, 5.41) is 68.4. The van der Waals surface area contributed by atoms with Gasteiger partial charge in [0, 0.05) is 106 Å². The van der Waals surface area contributed by atoms with E-state index in [1.54, 1.807) is 98.9 Å². The molecule has 14 amide bonds. The number of likely N-dealkylation sites (N-methyl/N-ethyl adjacent to an activating group) is 1. The van der Waals surface area contributed by atoms with Gasteiger partial charge in [0.05, 0.1) is 30.1 Å². The minimum Gasteiger partial charge on any atom is -0.391 e. The van der Waals surface area contributed by atoms with Crippen LogP contribution in [-0.2, 0) is 106 Å². The molecule has 16 atom stereocenters. The number of carbonyl (C=O) groups is 14. The Bertz CT molecular complexity index is 5420. The summed E-state index contributed by atoms with van der Waals surface area (Å²) in [6.45, 7) is 5.90. The number of nitrogens with one attached hydrogen (secondary N) is 19. The van der Waals surface area contributed by atoms with Crippen molar-refractivity contribution >= 4 is 138 Å². The van der Waals surface area contributed by atoms with Crippen molar-refractivity contribution in [1.82, 2.24) is 109 Å². The van der Waals surface area contributed by atoms with E-state index < -0.39 is 203 Å². The Hall–Kier alpha value is -13.9. The van der Waals surface area contributed by atoms with E-state index in [9.17, 15) is 5.11 Å². The fourth-order valence-corrected chi connectivity index (χ4v) is 18.4. The van der Waals surface area contributed by atoms with Gasteiger partial charge >= 0.3 is 0 Å². The molecule has 3 saturated heterocycles. The number of H-pyrrole nitrogens is 3. The highest BCUT2D eigenvalue weighted by Crippen LogP contribution is 2.28. The van der Waals surface area contributed by atoms with Crippen molar-refractivity contribution in [2.75, 3.05) is 38.2 Å². The van der Waals surface area contributed by atoms with Crippen LogP contribution in [0.1, 0.15) is 106 Å². The number of aliphatic hydroxyl groups excluding tert-OH is 1. The van der Waals surface area contributed by atoms with E-state index in [0.717, 1.165) is 44.2 Å². The number of hydrogen-bond donors (Lipinski definition) is 22. The van der Waals surface area contributed by atoms with Gasteiger partial charge in [-0.05, 0) is 97.4 Å². The fourth-order valence-electron chi connectivity index (χ4n) is 16.0. The summed E-state index contributed by atoms with van der Waals surface area (Å²) in [6, 6.07) is 14.7. The predicted octanol–water partition coefficient (Wildman–Crippen LogP) is -0.459. The lowest BCUT2D eigenvalue weighted by atomic mass is 9.97. The van der Waals surface area contributed by atoms with Crippen LogP contribution in [0.5, 0.6) is 0 Å². The molecule has 3 aliphatic heterocycles. The minimum atomic E-state index is -1.99. The smallest absolute Gasteiger partial charge is 0.246 e. The number of fused-ring (bicyclic) bond motifs is 8. The molecule has 42 heteroatoms.